The van der Waals surface area contributed by atoms with Gasteiger partial charge in [-0.2, -0.15) is 0 Å². The molecule has 0 fully saturated rings. The minimum atomic E-state index is -3.99. The second-order valence-corrected chi connectivity index (χ2v) is 8.76. The van der Waals surface area contributed by atoms with Crippen LogP contribution in [0.3, 0.4) is 0 Å². The maximum atomic E-state index is 13.1. The fraction of sp³-hybridized carbons (Fsp3) is 0.136. The molecule has 3 aromatic carbocycles. The van der Waals surface area contributed by atoms with Gasteiger partial charge in [-0.15, -0.1) is 0 Å². The molecule has 1 N–H and O–H groups in total. The third-order valence-corrected chi connectivity index (χ3v) is 5.98. The van der Waals surface area contributed by atoms with Crippen molar-refractivity contribution in [3.8, 4) is 5.75 Å². The van der Waals surface area contributed by atoms with Crippen LogP contribution in [0.15, 0.2) is 77.7 Å². The number of amides is 1. The monoisotopic (exact) mass is 462 g/mol. The van der Waals surface area contributed by atoms with E-state index in [0.29, 0.717) is 10.8 Å². The molecular weight excluding hydrogens is 443 g/mol. The van der Waals surface area contributed by atoms with Crippen molar-refractivity contribution in [3.63, 3.8) is 0 Å². The van der Waals surface area contributed by atoms with Gasteiger partial charge in [0.25, 0.3) is 15.9 Å². The predicted octanol–water partition coefficient (Wildman–Crippen LogP) is 4.43. The van der Waals surface area contributed by atoms with Gasteiger partial charge < -0.3 is 9.64 Å². The number of hydrogen-bond donors (Lipinski definition) is 1. The fourth-order valence-electron chi connectivity index (χ4n) is 2.74. The minimum Gasteiger partial charge on any atom is -0.492 e. The molecule has 162 valence electrons. The van der Waals surface area contributed by atoms with Crippen LogP contribution in [0.25, 0.3) is 0 Å². The third-order valence-electron chi connectivity index (χ3n) is 4.36. The lowest BCUT2D eigenvalue weighted by Gasteiger charge is -2.20. The molecular formula is C22H20ClFN2O4S. The average molecular weight is 463 g/mol. The Balaban J connectivity index is 1.69. The Morgan fingerprint density at radius 3 is 2.48 bits per heavy atom. The number of rotatable bonds is 8. The molecule has 0 bridgehead atoms. The van der Waals surface area contributed by atoms with Gasteiger partial charge in [0.05, 0.1) is 22.7 Å². The number of carbonyl (C=O) groups is 1. The van der Waals surface area contributed by atoms with Crippen LogP contribution in [0.5, 0.6) is 5.75 Å². The van der Waals surface area contributed by atoms with E-state index in [-0.39, 0.29) is 35.2 Å². The van der Waals surface area contributed by atoms with Gasteiger partial charge in [0.2, 0.25) is 0 Å². The van der Waals surface area contributed by atoms with Crippen molar-refractivity contribution in [1.29, 1.82) is 0 Å². The van der Waals surface area contributed by atoms with Crippen molar-refractivity contribution in [2.45, 2.75) is 4.90 Å². The highest BCUT2D eigenvalue weighted by Crippen LogP contribution is 2.22. The molecule has 31 heavy (non-hydrogen) atoms. The molecule has 0 heterocycles. The van der Waals surface area contributed by atoms with Gasteiger partial charge >= 0.3 is 0 Å². The van der Waals surface area contributed by atoms with Crippen LogP contribution in [-0.4, -0.2) is 39.4 Å². The molecule has 6 nitrogen and oxygen atoms in total. The van der Waals surface area contributed by atoms with Gasteiger partial charge in [0.1, 0.15) is 18.2 Å². The first-order valence-corrected chi connectivity index (χ1v) is 11.1. The number of sulfonamides is 1. The summed E-state index contributed by atoms with van der Waals surface area (Å²) >= 11 is 5.92. The van der Waals surface area contributed by atoms with E-state index in [4.69, 9.17) is 16.3 Å². The molecule has 0 spiro atoms. The van der Waals surface area contributed by atoms with Crippen molar-refractivity contribution in [3.05, 3.63) is 89.2 Å². The summed E-state index contributed by atoms with van der Waals surface area (Å²) in [7, 11) is -2.40. The standard InChI is InChI=1S/C22H20ClFN2O4S/c1-26(13-14-30-18-6-4-5-16(23)15-18)22(27)20-7-2-3-8-21(20)25-31(28,29)19-11-9-17(24)10-12-19/h2-12,15,25H,13-14H2,1H3. The van der Waals surface area contributed by atoms with Crippen LogP contribution in [-0.2, 0) is 10.0 Å². The van der Waals surface area contributed by atoms with Gasteiger partial charge in [-0.05, 0) is 54.6 Å². The summed E-state index contributed by atoms with van der Waals surface area (Å²) in [6.45, 7) is 0.496. The number of likely N-dealkylation sites (N-methyl/N-ethyl adjacent to an activating group) is 1. The lowest BCUT2D eigenvalue weighted by molar-refractivity contribution is 0.0775. The molecule has 0 saturated heterocycles. The number of benzene rings is 3. The van der Waals surface area contributed by atoms with Crippen molar-refractivity contribution in [2.24, 2.45) is 0 Å². The number of nitrogens with one attached hydrogen (secondary N) is 1. The molecule has 9 heteroatoms. The second kappa shape index (κ2) is 9.80. The molecule has 0 aliphatic rings. The molecule has 0 aromatic heterocycles. The number of para-hydroxylation sites is 1. The summed E-state index contributed by atoms with van der Waals surface area (Å²) in [4.78, 5) is 14.2. The summed E-state index contributed by atoms with van der Waals surface area (Å²) in [6.07, 6.45) is 0. The van der Waals surface area contributed by atoms with E-state index >= 15 is 0 Å². The SMILES string of the molecule is CN(CCOc1cccc(Cl)c1)C(=O)c1ccccc1NS(=O)(=O)c1ccc(F)cc1. The maximum Gasteiger partial charge on any atom is 0.261 e. The first-order valence-electron chi connectivity index (χ1n) is 9.27. The molecule has 0 aliphatic heterocycles. The first kappa shape index (κ1) is 22.6. The van der Waals surface area contributed by atoms with E-state index in [0.717, 1.165) is 24.3 Å². The second-order valence-electron chi connectivity index (χ2n) is 6.64. The van der Waals surface area contributed by atoms with Crippen molar-refractivity contribution in [1.82, 2.24) is 4.90 Å². The van der Waals surface area contributed by atoms with Crippen LogP contribution in [0.4, 0.5) is 10.1 Å². The Morgan fingerprint density at radius 1 is 1.06 bits per heavy atom. The number of nitrogens with zero attached hydrogens (tertiary/aromatic N) is 1. The smallest absolute Gasteiger partial charge is 0.261 e. The number of carbonyl (C=O) groups excluding carboxylic acids is 1. The molecule has 3 rings (SSSR count). The molecule has 0 unspecified atom stereocenters. The lowest BCUT2D eigenvalue weighted by atomic mass is 10.1. The van der Waals surface area contributed by atoms with E-state index in [1.54, 1.807) is 43.4 Å². The first-order chi connectivity index (χ1) is 14.8. The zero-order valence-corrected chi connectivity index (χ0v) is 18.2. The average Bonchev–Trinajstić information content (AvgIpc) is 2.73. The number of ether oxygens (including phenoxy) is 1. The summed E-state index contributed by atoms with van der Waals surface area (Å²) in [5.41, 5.74) is 0.304. The van der Waals surface area contributed by atoms with Gasteiger partial charge in [0, 0.05) is 12.1 Å². The highest BCUT2D eigenvalue weighted by atomic mass is 35.5. The Bertz CT molecular complexity index is 1170. The van der Waals surface area contributed by atoms with Crippen molar-refractivity contribution < 1.29 is 22.3 Å². The Labute approximate surface area is 185 Å². The van der Waals surface area contributed by atoms with E-state index in [2.05, 4.69) is 4.72 Å². The summed E-state index contributed by atoms with van der Waals surface area (Å²) in [5.74, 6) is -0.343. The lowest BCUT2D eigenvalue weighted by Crippen LogP contribution is -2.31. The van der Waals surface area contributed by atoms with Crippen LogP contribution in [0, 0.1) is 5.82 Å². The molecule has 3 aromatic rings. The van der Waals surface area contributed by atoms with E-state index in [1.807, 2.05) is 0 Å². The zero-order valence-electron chi connectivity index (χ0n) is 16.6. The number of halogens is 2. The zero-order chi connectivity index (χ0) is 22.4. The maximum absolute atomic E-state index is 13.1. The highest BCUT2D eigenvalue weighted by molar-refractivity contribution is 7.92. The van der Waals surface area contributed by atoms with Gasteiger partial charge in [-0.1, -0.05) is 29.8 Å². The van der Waals surface area contributed by atoms with Crippen molar-refractivity contribution >= 4 is 33.2 Å². The van der Waals surface area contributed by atoms with Crippen molar-refractivity contribution in [2.75, 3.05) is 24.9 Å². The normalized spacial score (nSPS) is 11.1. The molecule has 0 saturated carbocycles. The third kappa shape index (κ3) is 5.96. The van der Waals surface area contributed by atoms with Crippen LogP contribution < -0.4 is 9.46 Å². The molecule has 0 aliphatic carbocycles. The summed E-state index contributed by atoms with van der Waals surface area (Å²) in [6, 6.07) is 17.6. The van der Waals surface area contributed by atoms with Crippen LogP contribution in [0.1, 0.15) is 10.4 Å². The fourth-order valence-corrected chi connectivity index (χ4v) is 4.00. The minimum absolute atomic E-state index is 0.112. The number of hydrogen-bond acceptors (Lipinski definition) is 4. The van der Waals surface area contributed by atoms with E-state index in [9.17, 15) is 17.6 Å². The van der Waals surface area contributed by atoms with E-state index < -0.39 is 15.8 Å². The van der Waals surface area contributed by atoms with E-state index in [1.165, 1.54) is 17.0 Å². The summed E-state index contributed by atoms with van der Waals surface area (Å²) in [5, 5.41) is 0.546. The largest absolute Gasteiger partial charge is 0.492 e. The van der Waals surface area contributed by atoms with Crippen LogP contribution >= 0.6 is 11.6 Å². The Kier molecular flexibility index (Phi) is 7.14. The Morgan fingerprint density at radius 2 is 1.77 bits per heavy atom. The number of anilines is 1. The van der Waals surface area contributed by atoms with Gasteiger partial charge in [-0.25, -0.2) is 12.8 Å². The Hall–Kier alpha value is -3.10. The molecule has 0 atom stereocenters. The van der Waals surface area contributed by atoms with Gasteiger partial charge in [-0.3, -0.25) is 9.52 Å². The van der Waals surface area contributed by atoms with Gasteiger partial charge in [0.15, 0.2) is 0 Å². The summed E-state index contributed by atoms with van der Waals surface area (Å²) < 4.78 is 46.4. The van der Waals surface area contributed by atoms with Crippen LogP contribution in [0.2, 0.25) is 5.02 Å². The highest BCUT2D eigenvalue weighted by Gasteiger charge is 2.20. The topological polar surface area (TPSA) is 75.7 Å². The molecule has 0 radical (unpaired) electrons. The quantitative estimate of drug-likeness (QED) is 0.537. The predicted molar refractivity (Wildman–Crippen MR) is 118 cm³/mol. The molecule has 1 amide bonds.